The van der Waals surface area contributed by atoms with Crippen LogP contribution in [-0.2, 0) is 33.9 Å². The molecule has 238 valence electrons. The predicted molar refractivity (Wildman–Crippen MR) is 176 cm³/mol. The quantitative estimate of drug-likeness (QED) is 0.253. The second kappa shape index (κ2) is 14.1. The number of amides is 5. The molecule has 1 atom stereocenters. The number of carbonyl (C=O) groups excluding carboxylic acids is 4. The number of carbonyl (C=O) groups is 4. The van der Waals surface area contributed by atoms with Gasteiger partial charge in [-0.05, 0) is 71.1 Å². The van der Waals surface area contributed by atoms with Crippen LogP contribution in [0.15, 0.2) is 91.0 Å². The largest absolute Gasteiger partial charge is 0.332 e. The van der Waals surface area contributed by atoms with Crippen LogP contribution in [0.2, 0.25) is 0 Å². The van der Waals surface area contributed by atoms with Gasteiger partial charge >= 0.3 is 6.03 Å². The van der Waals surface area contributed by atoms with Crippen molar-refractivity contribution in [2.24, 2.45) is 0 Å². The zero-order valence-corrected chi connectivity index (χ0v) is 27.4. The first-order valence-electron chi connectivity index (χ1n) is 15.6. The van der Waals surface area contributed by atoms with Gasteiger partial charge in [-0.25, -0.2) is 4.79 Å². The number of imide groups is 1. The molecule has 0 radical (unpaired) electrons. The molecule has 1 aliphatic rings. The summed E-state index contributed by atoms with van der Waals surface area (Å²) < 4.78 is 0. The van der Waals surface area contributed by atoms with E-state index in [9.17, 15) is 19.2 Å². The Hall–Kier alpha value is -4.46. The summed E-state index contributed by atoms with van der Waals surface area (Å²) in [6, 6.07) is 27.6. The molecule has 0 bridgehead atoms. The van der Waals surface area contributed by atoms with Crippen molar-refractivity contribution in [3.8, 4) is 0 Å². The van der Waals surface area contributed by atoms with Gasteiger partial charge in [-0.3, -0.25) is 19.3 Å². The van der Waals surface area contributed by atoms with E-state index in [0.717, 1.165) is 21.6 Å². The van der Waals surface area contributed by atoms with Gasteiger partial charge in [0, 0.05) is 24.2 Å². The Morgan fingerprint density at radius 3 is 1.44 bits per heavy atom. The van der Waals surface area contributed by atoms with Crippen LogP contribution in [0.4, 0.5) is 4.79 Å². The molecule has 3 aromatic carbocycles. The fourth-order valence-electron chi connectivity index (χ4n) is 5.63. The third kappa shape index (κ3) is 8.59. The molecule has 0 saturated carbocycles. The minimum atomic E-state index is -0.856. The standard InChI is InChI=1S/C37H46N4O4/c1-36(2,3)40(24-29-18-12-8-13-19-29)32(42)26-38-31(23-22-28-16-10-7-11-17-28)34(44)39(35(38)45)27-33(43)41(37(4,5)6)25-30-20-14-9-15-21-30/h7-21,31H,22-27H2,1-6H3/t31-/m0/s1. The molecular weight excluding hydrogens is 564 g/mol. The molecule has 0 unspecified atom stereocenters. The summed E-state index contributed by atoms with van der Waals surface area (Å²) in [6.45, 7) is 11.7. The Bertz CT molecular complexity index is 1460. The lowest BCUT2D eigenvalue weighted by Crippen LogP contribution is -2.51. The van der Waals surface area contributed by atoms with Crippen LogP contribution in [0.5, 0.6) is 0 Å². The third-order valence-corrected chi connectivity index (χ3v) is 8.14. The molecule has 1 heterocycles. The van der Waals surface area contributed by atoms with Gasteiger partial charge in [0.1, 0.15) is 19.1 Å². The van der Waals surface area contributed by atoms with Gasteiger partial charge in [0.05, 0.1) is 0 Å². The van der Waals surface area contributed by atoms with Gasteiger partial charge in [0.2, 0.25) is 11.8 Å². The lowest BCUT2D eigenvalue weighted by Gasteiger charge is -2.37. The van der Waals surface area contributed by atoms with Crippen molar-refractivity contribution >= 4 is 23.8 Å². The lowest BCUT2D eigenvalue weighted by atomic mass is 10.0. The molecular formula is C37H46N4O4. The number of hydrogen-bond acceptors (Lipinski definition) is 4. The van der Waals surface area contributed by atoms with Gasteiger partial charge in [0.15, 0.2) is 0 Å². The van der Waals surface area contributed by atoms with Crippen LogP contribution >= 0.6 is 0 Å². The van der Waals surface area contributed by atoms with Crippen molar-refractivity contribution in [2.75, 3.05) is 13.1 Å². The highest BCUT2D eigenvalue weighted by Crippen LogP contribution is 2.26. The van der Waals surface area contributed by atoms with Crippen LogP contribution in [0, 0.1) is 0 Å². The van der Waals surface area contributed by atoms with Crippen molar-refractivity contribution < 1.29 is 19.2 Å². The fourth-order valence-corrected chi connectivity index (χ4v) is 5.63. The topological polar surface area (TPSA) is 81.2 Å². The maximum atomic E-state index is 14.0. The molecule has 1 saturated heterocycles. The van der Waals surface area contributed by atoms with Crippen LogP contribution in [0.3, 0.4) is 0 Å². The molecule has 4 rings (SSSR count). The van der Waals surface area contributed by atoms with Crippen molar-refractivity contribution in [2.45, 2.75) is 84.6 Å². The van der Waals surface area contributed by atoms with Crippen molar-refractivity contribution in [3.63, 3.8) is 0 Å². The normalized spacial score (nSPS) is 15.4. The van der Waals surface area contributed by atoms with E-state index >= 15 is 0 Å². The van der Waals surface area contributed by atoms with E-state index < -0.39 is 29.1 Å². The Labute approximate surface area is 267 Å². The Morgan fingerprint density at radius 1 is 0.622 bits per heavy atom. The number of benzene rings is 3. The van der Waals surface area contributed by atoms with Crippen LogP contribution in [0.1, 0.15) is 64.7 Å². The highest BCUT2D eigenvalue weighted by atomic mass is 16.2. The maximum Gasteiger partial charge on any atom is 0.328 e. The molecule has 1 fully saturated rings. The van der Waals surface area contributed by atoms with E-state index in [0.29, 0.717) is 25.9 Å². The summed E-state index contributed by atoms with van der Waals surface area (Å²) in [7, 11) is 0. The van der Waals surface area contributed by atoms with Gasteiger partial charge in [-0.15, -0.1) is 0 Å². The summed E-state index contributed by atoms with van der Waals surface area (Å²) in [6.07, 6.45) is 0.889. The van der Waals surface area contributed by atoms with Crippen molar-refractivity contribution in [1.82, 2.24) is 19.6 Å². The molecule has 1 aliphatic heterocycles. The zero-order valence-electron chi connectivity index (χ0n) is 27.4. The summed E-state index contributed by atoms with van der Waals surface area (Å²) in [5, 5.41) is 0. The first-order chi connectivity index (χ1) is 21.3. The van der Waals surface area contributed by atoms with Crippen molar-refractivity contribution in [3.05, 3.63) is 108 Å². The molecule has 3 aromatic rings. The highest BCUT2D eigenvalue weighted by Gasteiger charge is 2.47. The monoisotopic (exact) mass is 610 g/mol. The van der Waals surface area contributed by atoms with Gasteiger partial charge in [-0.1, -0.05) is 91.0 Å². The summed E-state index contributed by atoms with van der Waals surface area (Å²) >= 11 is 0. The van der Waals surface area contributed by atoms with E-state index in [4.69, 9.17) is 0 Å². The van der Waals surface area contributed by atoms with E-state index in [1.807, 2.05) is 133 Å². The predicted octanol–water partition coefficient (Wildman–Crippen LogP) is 5.91. The van der Waals surface area contributed by atoms with Crippen LogP contribution < -0.4 is 0 Å². The SMILES string of the molecule is CC(C)(C)N(Cc1ccccc1)C(=O)CN1C(=O)[C@H](CCc2ccccc2)N(CC(=O)N(Cc2ccccc2)C(C)(C)C)C1=O. The summed E-state index contributed by atoms with van der Waals surface area (Å²) in [5.41, 5.74) is 1.87. The summed E-state index contributed by atoms with van der Waals surface area (Å²) in [4.78, 5) is 61.4. The molecule has 0 N–H and O–H groups in total. The first-order valence-corrected chi connectivity index (χ1v) is 15.6. The van der Waals surface area contributed by atoms with E-state index in [1.165, 1.54) is 4.90 Å². The molecule has 0 spiro atoms. The molecule has 5 amide bonds. The van der Waals surface area contributed by atoms with Gasteiger partial charge in [0.25, 0.3) is 5.91 Å². The molecule has 8 heteroatoms. The average Bonchev–Trinajstić information content (AvgIpc) is 3.21. The minimum absolute atomic E-state index is 0.258. The van der Waals surface area contributed by atoms with Gasteiger partial charge < -0.3 is 14.7 Å². The summed E-state index contributed by atoms with van der Waals surface area (Å²) in [5.74, 6) is -1.04. The van der Waals surface area contributed by atoms with E-state index in [2.05, 4.69) is 0 Å². The maximum absolute atomic E-state index is 14.0. The Balaban J connectivity index is 1.59. The highest BCUT2D eigenvalue weighted by molar-refractivity contribution is 6.07. The lowest BCUT2D eigenvalue weighted by molar-refractivity contribution is -0.141. The second-order valence-corrected chi connectivity index (χ2v) is 13.6. The molecule has 45 heavy (non-hydrogen) atoms. The van der Waals surface area contributed by atoms with Crippen LogP contribution in [0.25, 0.3) is 0 Å². The minimum Gasteiger partial charge on any atom is -0.332 e. The molecule has 0 aromatic heterocycles. The van der Waals surface area contributed by atoms with Crippen LogP contribution in [-0.4, -0.2) is 73.6 Å². The van der Waals surface area contributed by atoms with E-state index in [-0.39, 0.29) is 24.9 Å². The molecule has 8 nitrogen and oxygen atoms in total. The second-order valence-electron chi connectivity index (χ2n) is 13.6. The zero-order chi connectivity index (χ0) is 32.8. The third-order valence-electron chi connectivity index (χ3n) is 8.14. The number of aryl methyl sites for hydroxylation is 1. The number of rotatable bonds is 11. The smallest absolute Gasteiger partial charge is 0.328 e. The van der Waals surface area contributed by atoms with E-state index in [1.54, 1.807) is 9.80 Å². The number of nitrogens with zero attached hydrogens (tertiary/aromatic N) is 4. The van der Waals surface area contributed by atoms with Crippen molar-refractivity contribution in [1.29, 1.82) is 0 Å². The average molecular weight is 611 g/mol. The Kier molecular flexibility index (Phi) is 10.5. The first kappa shape index (κ1) is 33.4. The number of hydrogen-bond donors (Lipinski definition) is 0. The fraction of sp³-hybridized carbons (Fsp3) is 0.405. The molecule has 0 aliphatic carbocycles. The Morgan fingerprint density at radius 2 is 1.02 bits per heavy atom. The van der Waals surface area contributed by atoms with Gasteiger partial charge in [-0.2, -0.15) is 0 Å². The number of urea groups is 1.